The summed E-state index contributed by atoms with van der Waals surface area (Å²) in [7, 11) is 1.94. The minimum absolute atomic E-state index is 0.0573. The van der Waals surface area contributed by atoms with Crippen LogP contribution in [0, 0.1) is 0 Å². The highest BCUT2D eigenvalue weighted by Crippen LogP contribution is 2.29. The van der Waals surface area contributed by atoms with Crippen LogP contribution in [0.15, 0.2) is 24.3 Å². The lowest BCUT2D eigenvalue weighted by molar-refractivity contribution is -0.116. The van der Waals surface area contributed by atoms with Gasteiger partial charge in [0.15, 0.2) is 0 Å². The maximum absolute atomic E-state index is 11.9. The molecule has 0 atom stereocenters. The van der Waals surface area contributed by atoms with Gasteiger partial charge in [-0.1, -0.05) is 25.0 Å². The summed E-state index contributed by atoms with van der Waals surface area (Å²) >= 11 is 0. The molecule has 1 aliphatic carbocycles. The Morgan fingerprint density at radius 3 is 2.71 bits per heavy atom. The number of hydrogen-bond donors (Lipinski definition) is 3. The molecule has 1 saturated carbocycles. The fourth-order valence-corrected chi connectivity index (χ4v) is 2.89. The first-order valence-electron chi connectivity index (χ1n) is 7.54. The maximum Gasteiger partial charge on any atom is 0.225 e. The van der Waals surface area contributed by atoms with Crippen molar-refractivity contribution in [1.82, 2.24) is 4.90 Å². The lowest BCUT2D eigenvalue weighted by Gasteiger charge is -2.28. The molecule has 0 heterocycles. The first-order valence-corrected chi connectivity index (χ1v) is 7.54. The molecule has 1 fully saturated rings. The number of rotatable bonds is 6. The van der Waals surface area contributed by atoms with Crippen molar-refractivity contribution in [2.45, 2.75) is 37.7 Å². The number of nitrogens with two attached hydrogens (primary N) is 1. The van der Waals surface area contributed by atoms with Crippen LogP contribution in [-0.4, -0.2) is 41.7 Å². The zero-order valence-electron chi connectivity index (χ0n) is 12.6. The Hall–Kier alpha value is -1.59. The smallest absolute Gasteiger partial charge is 0.225 e. The first-order chi connectivity index (χ1) is 9.98. The molecule has 0 unspecified atom stereocenters. The van der Waals surface area contributed by atoms with Gasteiger partial charge in [0.05, 0.1) is 17.0 Å². The van der Waals surface area contributed by atoms with E-state index in [0.29, 0.717) is 30.9 Å². The summed E-state index contributed by atoms with van der Waals surface area (Å²) in [5.74, 6) is -0.0573. The van der Waals surface area contributed by atoms with Gasteiger partial charge in [0.1, 0.15) is 0 Å². The average Bonchev–Trinajstić information content (AvgIpc) is 2.85. The first kappa shape index (κ1) is 15.8. The van der Waals surface area contributed by atoms with Crippen LogP contribution < -0.4 is 11.1 Å². The predicted octanol–water partition coefficient (Wildman–Crippen LogP) is 1.83. The lowest BCUT2D eigenvalue weighted by atomic mass is 10.0. The standard InChI is InChI=1S/C16H25N3O2/c1-19(12-16(21)9-4-5-10-16)11-8-15(20)18-14-7-3-2-6-13(14)17/h2-3,6-7,21H,4-5,8-12,17H2,1H3,(H,18,20). The molecule has 116 valence electrons. The SMILES string of the molecule is CN(CCC(=O)Nc1ccccc1N)CC1(O)CCCC1. The van der Waals surface area contributed by atoms with Gasteiger partial charge in [-0.3, -0.25) is 4.79 Å². The molecule has 5 heteroatoms. The summed E-state index contributed by atoms with van der Waals surface area (Å²) in [5.41, 5.74) is 6.45. The molecular formula is C16H25N3O2. The summed E-state index contributed by atoms with van der Waals surface area (Å²) in [6, 6.07) is 7.23. The Morgan fingerprint density at radius 1 is 1.38 bits per heavy atom. The van der Waals surface area contributed by atoms with Crippen molar-refractivity contribution in [3.8, 4) is 0 Å². The van der Waals surface area contributed by atoms with Gasteiger partial charge in [0.2, 0.25) is 5.91 Å². The van der Waals surface area contributed by atoms with E-state index in [1.54, 1.807) is 12.1 Å². The second kappa shape index (κ2) is 6.91. The van der Waals surface area contributed by atoms with Gasteiger partial charge >= 0.3 is 0 Å². The van der Waals surface area contributed by atoms with Gasteiger partial charge in [-0.2, -0.15) is 0 Å². The van der Waals surface area contributed by atoms with Crippen molar-refractivity contribution >= 4 is 17.3 Å². The molecule has 0 radical (unpaired) electrons. The van der Waals surface area contributed by atoms with Gasteiger partial charge in [0.25, 0.3) is 0 Å². The predicted molar refractivity (Wildman–Crippen MR) is 85.0 cm³/mol. The number of amides is 1. The van der Waals surface area contributed by atoms with Crippen molar-refractivity contribution in [2.24, 2.45) is 0 Å². The molecule has 1 aromatic carbocycles. The van der Waals surface area contributed by atoms with E-state index in [4.69, 9.17) is 5.73 Å². The second-order valence-corrected chi connectivity index (χ2v) is 6.05. The minimum Gasteiger partial charge on any atom is -0.397 e. The number of carbonyl (C=O) groups excluding carboxylic acids is 1. The Bertz CT molecular complexity index is 484. The summed E-state index contributed by atoms with van der Waals surface area (Å²) in [6.07, 6.45) is 4.31. The van der Waals surface area contributed by atoms with Crippen LogP contribution in [0.3, 0.4) is 0 Å². The number of nitrogens with zero attached hydrogens (tertiary/aromatic N) is 1. The average molecular weight is 291 g/mol. The van der Waals surface area contributed by atoms with Crippen molar-refractivity contribution < 1.29 is 9.90 Å². The third-order valence-electron chi connectivity index (χ3n) is 4.05. The number of likely N-dealkylation sites (N-methyl/N-ethyl adjacent to an activating group) is 1. The maximum atomic E-state index is 11.9. The lowest BCUT2D eigenvalue weighted by Crippen LogP contribution is -2.40. The molecule has 1 amide bonds. The number of anilines is 2. The van der Waals surface area contributed by atoms with Crippen molar-refractivity contribution in [2.75, 3.05) is 31.2 Å². The number of hydrogen-bond acceptors (Lipinski definition) is 4. The van der Waals surface area contributed by atoms with E-state index in [2.05, 4.69) is 5.32 Å². The van der Waals surface area contributed by atoms with Crippen LogP contribution in [0.4, 0.5) is 11.4 Å². The highest BCUT2D eigenvalue weighted by molar-refractivity contribution is 5.93. The van der Waals surface area contributed by atoms with Gasteiger partial charge < -0.3 is 21.1 Å². The number of nitrogens with one attached hydrogen (secondary N) is 1. The molecule has 1 aliphatic rings. The van der Waals surface area contributed by atoms with Crippen molar-refractivity contribution in [3.63, 3.8) is 0 Å². The fourth-order valence-electron chi connectivity index (χ4n) is 2.89. The molecular weight excluding hydrogens is 266 g/mol. The summed E-state index contributed by atoms with van der Waals surface area (Å²) in [6.45, 7) is 1.26. The molecule has 21 heavy (non-hydrogen) atoms. The van der Waals surface area contributed by atoms with Crippen LogP contribution >= 0.6 is 0 Å². The second-order valence-electron chi connectivity index (χ2n) is 6.05. The van der Waals surface area contributed by atoms with E-state index in [0.717, 1.165) is 25.7 Å². The van der Waals surface area contributed by atoms with E-state index in [-0.39, 0.29) is 5.91 Å². The molecule has 0 bridgehead atoms. The van der Waals surface area contributed by atoms with E-state index in [9.17, 15) is 9.90 Å². The molecule has 0 aliphatic heterocycles. The molecule has 2 rings (SSSR count). The molecule has 0 aromatic heterocycles. The van der Waals surface area contributed by atoms with Crippen LogP contribution in [-0.2, 0) is 4.79 Å². The van der Waals surface area contributed by atoms with E-state index >= 15 is 0 Å². The van der Waals surface area contributed by atoms with Crippen LogP contribution in [0.25, 0.3) is 0 Å². The monoisotopic (exact) mass is 291 g/mol. The molecule has 5 nitrogen and oxygen atoms in total. The number of carbonyl (C=O) groups is 1. The van der Waals surface area contributed by atoms with Gasteiger partial charge in [-0.05, 0) is 32.0 Å². The van der Waals surface area contributed by atoms with E-state index in [1.807, 2.05) is 24.1 Å². The van der Waals surface area contributed by atoms with Crippen molar-refractivity contribution in [3.05, 3.63) is 24.3 Å². The van der Waals surface area contributed by atoms with Crippen molar-refractivity contribution in [1.29, 1.82) is 0 Å². The van der Waals surface area contributed by atoms with Crippen LogP contribution in [0.1, 0.15) is 32.1 Å². The number of aliphatic hydroxyl groups is 1. The molecule has 0 spiro atoms. The topological polar surface area (TPSA) is 78.6 Å². The minimum atomic E-state index is -0.560. The summed E-state index contributed by atoms with van der Waals surface area (Å²) < 4.78 is 0. The van der Waals surface area contributed by atoms with Gasteiger partial charge in [-0.25, -0.2) is 0 Å². The summed E-state index contributed by atoms with van der Waals surface area (Å²) in [5, 5.41) is 13.2. The Labute approximate surface area is 126 Å². The quantitative estimate of drug-likeness (QED) is 0.699. The third kappa shape index (κ3) is 4.72. The molecule has 1 aromatic rings. The molecule has 0 saturated heterocycles. The van der Waals surface area contributed by atoms with Gasteiger partial charge in [-0.15, -0.1) is 0 Å². The fraction of sp³-hybridized carbons (Fsp3) is 0.562. The van der Waals surface area contributed by atoms with Crippen LogP contribution in [0.5, 0.6) is 0 Å². The highest BCUT2D eigenvalue weighted by atomic mass is 16.3. The summed E-state index contributed by atoms with van der Waals surface area (Å²) in [4.78, 5) is 14.0. The normalized spacial score (nSPS) is 17.1. The van der Waals surface area contributed by atoms with E-state index < -0.39 is 5.60 Å². The zero-order valence-corrected chi connectivity index (χ0v) is 12.6. The number of nitrogen functional groups attached to an aromatic ring is 1. The largest absolute Gasteiger partial charge is 0.397 e. The number of benzene rings is 1. The molecule has 4 N–H and O–H groups in total. The Kier molecular flexibility index (Phi) is 5.20. The van der Waals surface area contributed by atoms with Gasteiger partial charge in [0, 0.05) is 19.5 Å². The van der Waals surface area contributed by atoms with E-state index in [1.165, 1.54) is 0 Å². The zero-order chi connectivity index (χ0) is 15.3. The Morgan fingerprint density at radius 2 is 2.05 bits per heavy atom. The Balaban J connectivity index is 1.75. The highest BCUT2D eigenvalue weighted by Gasteiger charge is 2.32. The third-order valence-corrected chi connectivity index (χ3v) is 4.05. The van der Waals surface area contributed by atoms with Crippen LogP contribution in [0.2, 0.25) is 0 Å². The number of para-hydroxylation sites is 2.